The third-order valence-corrected chi connectivity index (χ3v) is 4.92. The van der Waals surface area contributed by atoms with Crippen molar-refractivity contribution in [1.29, 1.82) is 0 Å². The molecule has 1 N–H and O–H groups in total. The molecule has 0 amide bonds. The van der Waals surface area contributed by atoms with Gasteiger partial charge in [0.05, 0.1) is 6.54 Å². The van der Waals surface area contributed by atoms with Crippen LogP contribution in [0.5, 0.6) is 0 Å². The summed E-state index contributed by atoms with van der Waals surface area (Å²) in [4.78, 5) is 3.73. The van der Waals surface area contributed by atoms with E-state index >= 15 is 8.78 Å². The number of benzene rings is 2. The van der Waals surface area contributed by atoms with E-state index in [2.05, 4.69) is 20.5 Å². The highest BCUT2D eigenvalue weighted by Gasteiger charge is 2.57. The number of aliphatic hydroxyl groups is 1. The van der Waals surface area contributed by atoms with Gasteiger partial charge in [-0.1, -0.05) is 18.2 Å². The Balaban J connectivity index is 1.79. The Labute approximate surface area is 178 Å². The monoisotopic (exact) mass is 447 g/mol. The summed E-state index contributed by atoms with van der Waals surface area (Å²) in [5.41, 5.74) is -4.23. The molecule has 1 unspecified atom stereocenters. The molecule has 2 heterocycles. The molecule has 0 bridgehead atoms. The fraction of sp³-hybridized carbons (Fsp3) is 0.143. The molecule has 0 aliphatic rings. The first-order chi connectivity index (χ1) is 15.2. The van der Waals surface area contributed by atoms with Gasteiger partial charge in [0.15, 0.2) is 5.60 Å². The van der Waals surface area contributed by atoms with Gasteiger partial charge in [-0.2, -0.15) is 8.78 Å². The van der Waals surface area contributed by atoms with Gasteiger partial charge in [-0.05, 0) is 46.3 Å². The van der Waals surface area contributed by atoms with E-state index < -0.39 is 46.8 Å². The van der Waals surface area contributed by atoms with Crippen molar-refractivity contribution in [1.82, 2.24) is 25.2 Å². The van der Waals surface area contributed by atoms with Crippen molar-refractivity contribution in [3.05, 3.63) is 95.8 Å². The molecule has 4 rings (SSSR count). The zero-order valence-corrected chi connectivity index (χ0v) is 16.1. The fourth-order valence-electron chi connectivity index (χ4n) is 3.30. The summed E-state index contributed by atoms with van der Waals surface area (Å²) in [6, 6.07) is 9.53. The largest absolute Gasteiger partial charge is 0.377 e. The molecule has 0 aliphatic heterocycles. The van der Waals surface area contributed by atoms with Crippen LogP contribution in [0.4, 0.5) is 22.0 Å². The number of aromatic nitrogens is 5. The van der Waals surface area contributed by atoms with E-state index in [1.54, 1.807) is 6.07 Å². The molecule has 6 nitrogen and oxygen atoms in total. The van der Waals surface area contributed by atoms with Gasteiger partial charge in [-0.15, -0.1) is 5.10 Å². The van der Waals surface area contributed by atoms with Gasteiger partial charge in [-0.25, -0.2) is 17.9 Å². The lowest BCUT2D eigenvalue weighted by atomic mass is 9.84. The minimum Gasteiger partial charge on any atom is -0.377 e. The summed E-state index contributed by atoms with van der Waals surface area (Å²) >= 11 is 0. The highest BCUT2D eigenvalue weighted by Crippen LogP contribution is 2.46. The molecule has 1 atom stereocenters. The van der Waals surface area contributed by atoms with Gasteiger partial charge in [0, 0.05) is 23.4 Å². The number of nitrogens with zero attached hydrogens (tertiary/aromatic N) is 5. The van der Waals surface area contributed by atoms with Crippen molar-refractivity contribution < 1.29 is 27.1 Å². The lowest BCUT2D eigenvalue weighted by Gasteiger charge is -2.35. The molecule has 0 saturated heterocycles. The van der Waals surface area contributed by atoms with Crippen LogP contribution in [0.2, 0.25) is 0 Å². The van der Waals surface area contributed by atoms with Crippen LogP contribution in [0.15, 0.2) is 67.1 Å². The third kappa shape index (κ3) is 3.82. The van der Waals surface area contributed by atoms with E-state index in [4.69, 9.17) is 0 Å². The maximum atomic E-state index is 15.6. The molecule has 11 heteroatoms. The molecular formula is C21H14F5N5O. The summed E-state index contributed by atoms with van der Waals surface area (Å²) in [7, 11) is 0. The van der Waals surface area contributed by atoms with Crippen LogP contribution in [0.1, 0.15) is 11.3 Å². The van der Waals surface area contributed by atoms with Gasteiger partial charge in [0.1, 0.15) is 29.5 Å². The Morgan fingerprint density at radius 1 is 0.906 bits per heavy atom. The zero-order valence-electron chi connectivity index (χ0n) is 16.1. The first-order valence-corrected chi connectivity index (χ1v) is 9.20. The lowest BCUT2D eigenvalue weighted by Crippen LogP contribution is -2.48. The molecule has 2 aromatic carbocycles. The number of hydrogen-bond donors (Lipinski definition) is 1. The molecule has 32 heavy (non-hydrogen) atoms. The molecule has 0 fully saturated rings. The Bertz CT molecular complexity index is 1230. The number of rotatable bonds is 6. The summed E-state index contributed by atoms with van der Waals surface area (Å²) in [5.74, 6) is -7.06. The van der Waals surface area contributed by atoms with E-state index in [9.17, 15) is 18.3 Å². The molecule has 2 aromatic heterocycles. The average Bonchev–Trinajstić information content (AvgIpc) is 3.26. The van der Waals surface area contributed by atoms with E-state index in [0.29, 0.717) is 17.2 Å². The fourth-order valence-corrected chi connectivity index (χ4v) is 3.30. The minimum absolute atomic E-state index is 0.348. The van der Waals surface area contributed by atoms with Crippen molar-refractivity contribution in [3.63, 3.8) is 0 Å². The number of halogens is 5. The van der Waals surface area contributed by atoms with Crippen LogP contribution in [-0.4, -0.2) is 30.3 Å². The Hall–Kier alpha value is -3.73. The Morgan fingerprint density at radius 2 is 1.69 bits per heavy atom. The summed E-state index contributed by atoms with van der Waals surface area (Å²) in [6.07, 6.45) is 2.04. The van der Waals surface area contributed by atoms with Crippen molar-refractivity contribution in [2.24, 2.45) is 0 Å². The van der Waals surface area contributed by atoms with Crippen molar-refractivity contribution in [2.45, 2.75) is 18.1 Å². The minimum atomic E-state index is -4.17. The van der Waals surface area contributed by atoms with E-state index in [1.807, 2.05) is 0 Å². The molecule has 0 aliphatic carbocycles. The van der Waals surface area contributed by atoms with E-state index in [-0.39, 0.29) is 0 Å². The maximum Gasteiger partial charge on any atom is 0.323 e. The van der Waals surface area contributed by atoms with Crippen LogP contribution < -0.4 is 0 Å². The molecule has 4 aromatic rings. The van der Waals surface area contributed by atoms with Gasteiger partial charge >= 0.3 is 5.92 Å². The van der Waals surface area contributed by atoms with Gasteiger partial charge in [0.25, 0.3) is 0 Å². The summed E-state index contributed by atoms with van der Waals surface area (Å²) in [5, 5.41) is 21.2. The zero-order chi connectivity index (χ0) is 22.9. The third-order valence-electron chi connectivity index (χ3n) is 4.92. The first-order valence-electron chi connectivity index (χ1n) is 9.20. The van der Waals surface area contributed by atoms with Crippen LogP contribution >= 0.6 is 0 Å². The number of alkyl halides is 2. The standard InChI is InChI=1S/C21H14F5N5O/c22-15-3-1-2-13(8-15)14-4-7-19(27-10-14)21(25,26)20(32,11-31-12-28-29-30-31)17-6-5-16(23)9-18(17)24/h1-10,12,32H,11H2. The maximum absolute atomic E-state index is 15.6. The molecule has 0 radical (unpaired) electrons. The van der Waals surface area contributed by atoms with Crippen molar-refractivity contribution in [2.75, 3.05) is 0 Å². The summed E-state index contributed by atoms with van der Waals surface area (Å²) < 4.78 is 73.4. The molecular weight excluding hydrogens is 433 g/mol. The van der Waals surface area contributed by atoms with Gasteiger partial charge in [0.2, 0.25) is 0 Å². The van der Waals surface area contributed by atoms with Crippen molar-refractivity contribution >= 4 is 0 Å². The predicted octanol–water partition coefficient (Wildman–Crippen LogP) is 3.83. The number of pyridine rings is 1. The second kappa shape index (κ2) is 8.08. The Kier molecular flexibility index (Phi) is 5.43. The summed E-state index contributed by atoms with van der Waals surface area (Å²) in [6.45, 7) is -0.955. The van der Waals surface area contributed by atoms with Gasteiger partial charge < -0.3 is 5.11 Å². The van der Waals surface area contributed by atoms with Crippen molar-refractivity contribution in [3.8, 4) is 11.1 Å². The molecule has 0 saturated carbocycles. The molecule has 164 valence electrons. The topological polar surface area (TPSA) is 76.7 Å². The SMILES string of the molecule is OC(Cn1cnnn1)(c1ccc(F)cc1F)C(F)(F)c1ccc(-c2cccc(F)c2)cn1. The smallest absolute Gasteiger partial charge is 0.323 e. The van der Waals surface area contributed by atoms with E-state index in [0.717, 1.165) is 35.4 Å². The Morgan fingerprint density at radius 3 is 2.31 bits per heavy atom. The van der Waals surface area contributed by atoms with Crippen LogP contribution in [-0.2, 0) is 18.1 Å². The normalized spacial score (nSPS) is 13.7. The quantitative estimate of drug-likeness (QED) is 0.455. The van der Waals surface area contributed by atoms with Crippen LogP contribution in [0.3, 0.4) is 0 Å². The highest BCUT2D eigenvalue weighted by atomic mass is 19.3. The number of hydrogen-bond acceptors (Lipinski definition) is 5. The molecule has 0 spiro atoms. The van der Waals surface area contributed by atoms with Gasteiger partial charge in [-0.3, -0.25) is 4.98 Å². The van der Waals surface area contributed by atoms with E-state index in [1.165, 1.54) is 24.3 Å². The predicted molar refractivity (Wildman–Crippen MR) is 102 cm³/mol. The average molecular weight is 447 g/mol. The highest BCUT2D eigenvalue weighted by molar-refractivity contribution is 5.62. The second-order valence-corrected chi connectivity index (χ2v) is 7.01. The second-order valence-electron chi connectivity index (χ2n) is 7.01. The van der Waals surface area contributed by atoms with Crippen LogP contribution in [0, 0.1) is 17.5 Å². The lowest BCUT2D eigenvalue weighted by molar-refractivity contribution is -0.207. The van der Waals surface area contributed by atoms with Crippen LogP contribution in [0.25, 0.3) is 11.1 Å². The first kappa shape index (κ1) is 21.5. The number of tetrazole rings is 1.